The Hall–Kier alpha value is -3.46. The molecule has 1 aliphatic heterocycles. The SMILES string of the molecule is Cc1c(C)c2c(c(C)c1O)CCC(C)(C(Nc1cccc3ccccc13)c1ccccc1)O2. The Labute approximate surface area is 196 Å². The summed E-state index contributed by atoms with van der Waals surface area (Å²) in [5.74, 6) is 1.32. The minimum Gasteiger partial charge on any atom is -0.507 e. The molecule has 5 rings (SSSR count). The molecule has 33 heavy (non-hydrogen) atoms. The Bertz CT molecular complexity index is 1320. The number of hydrogen-bond donors (Lipinski definition) is 2. The molecule has 0 saturated heterocycles. The fourth-order valence-electron chi connectivity index (χ4n) is 5.21. The molecule has 3 heteroatoms. The van der Waals surface area contributed by atoms with E-state index in [-0.39, 0.29) is 6.04 Å². The van der Waals surface area contributed by atoms with Gasteiger partial charge in [-0.25, -0.2) is 0 Å². The highest BCUT2D eigenvalue weighted by atomic mass is 16.5. The Morgan fingerprint density at radius 2 is 1.55 bits per heavy atom. The Morgan fingerprint density at radius 1 is 0.848 bits per heavy atom. The van der Waals surface area contributed by atoms with E-state index in [2.05, 4.69) is 92.0 Å². The van der Waals surface area contributed by atoms with Crippen LogP contribution in [0.4, 0.5) is 5.69 Å². The van der Waals surface area contributed by atoms with Crippen LogP contribution in [0, 0.1) is 20.8 Å². The second-order valence-electron chi connectivity index (χ2n) is 9.46. The molecule has 0 amide bonds. The topological polar surface area (TPSA) is 41.5 Å². The third-order valence-corrected chi connectivity index (χ3v) is 7.38. The van der Waals surface area contributed by atoms with E-state index in [1.54, 1.807) is 0 Å². The van der Waals surface area contributed by atoms with Gasteiger partial charge in [0.25, 0.3) is 0 Å². The second kappa shape index (κ2) is 8.15. The predicted molar refractivity (Wildman–Crippen MR) is 136 cm³/mol. The third kappa shape index (κ3) is 3.62. The summed E-state index contributed by atoms with van der Waals surface area (Å²) in [6.07, 6.45) is 1.72. The number of aromatic hydroxyl groups is 1. The monoisotopic (exact) mass is 437 g/mol. The fraction of sp³-hybridized carbons (Fsp3) is 0.267. The summed E-state index contributed by atoms with van der Waals surface area (Å²) in [4.78, 5) is 0. The molecule has 0 spiro atoms. The normalized spacial score (nSPS) is 18.4. The van der Waals surface area contributed by atoms with Crippen molar-refractivity contribution in [3.63, 3.8) is 0 Å². The van der Waals surface area contributed by atoms with Gasteiger partial charge in [0.05, 0.1) is 6.04 Å². The maximum Gasteiger partial charge on any atom is 0.131 e. The molecular formula is C30H31NO2. The van der Waals surface area contributed by atoms with Crippen molar-refractivity contribution in [2.75, 3.05) is 5.32 Å². The molecule has 1 heterocycles. The highest BCUT2D eigenvalue weighted by Gasteiger charge is 2.42. The van der Waals surface area contributed by atoms with Crippen LogP contribution in [-0.2, 0) is 6.42 Å². The number of fused-ring (bicyclic) bond motifs is 2. The van der Waals surface area contributed by atoms with Crippen LogP contribution in [0.1, 0.15) is 47.2 Å². The molecule has 2 unspecified atom stereocenters. The highest BCUT2D eigenvalue weighted by Crippen LogP contribution is 2.47. The average Bonchev–Trinajstić information content (AvgIpc) is 2.85. The van der Waals surface area contributed by atoms with Gasteiger partial charge in [0, 0.05) is 16.6 Å². The van der Waals surface area contributed by atoms with E-state index in [1.807, 2.05) is 13.8 Å². The van der Waals surface area contributed by atoms with E-state index in [9.17, 15) is 5.11 Å². The lowest BCUT2D eigenvalue weighted by molar-refractivity contribution is 0.0436. The Balaban J connectivity index is 1.61. The van der Waals surface area contributed by atoms with Gasteiger partial charge in [-0.2, -0.15) is 0 Å². The van der Waals surface area contributed by atoms with Gasteiger partial charge in [-0.15, -0.1) is 0 Å². The van der Waals surface area contributed by atoms with Crippen molar-refractivity contribution < 1.29 is 9.84 Å². The van der Waals surface area contributed by atoms with Crippen LogP contribution in [0.15, 0.2) is 72.8 Å². The lowest BCUT2D eigenvalue weighted by atomic mass is 9.80. The number of hydrogen-bond acceptors (Lipinski definition) is 3. The molecule has 168 valence electrons. The largest absolute Gasteiger partial charge is 0.507 e. The van der Waals surface area contributed by atoms with Gasteiger partial charge >= 0.3 is 0 Å². The van der Waals surface area contributed by atoms with Crippen LogP contribution in [-0.4, -0.2) is 10.7 Å². The predicted octanol–water partition coefficient (Wildman–Crippen LogP) is 7.41. The molecule has 0 fully saturated rings. The van der Waals surface area contributed by atoms with Crippen molar-refractivity contribution >= 4 is 16.5 Å². The van der Waals surface area contributed by atoms with Crippen molar-refractivity contribution in [3.05, 3.63) is 101 Å². The Morgan fingerprint density at radius 3 is 2.33 bits per heavy atom. The molecule has 2 N–H and O–H groups in total. The third-order valence-electron chi connectivity index (χ3n) is 7.38. The van der Waals surface area contributed by atoms with E-state index in [0.717, 1.165) is 46.5 Å². The van der Waals surface area contributed by atoms with Crippen molar-refractivity contribution in [2.45, 2.75) is 52.2 Å². The molecule has 4 aromatic carbocycles. The molecule has 3 nitrogen and oxygen atoms in total. The first kappa shape index (κ1) is 21.4. The molecule has 1 aliphatic rings. The van der Waals surface area contributed by atoms with Gasteiger partial charge in [0.2, 0.25) is 0 Å². The average molecular weight is 438 g/mol. The maximum atomic E-state index is 10.6. The number of anilines is 1. The van der Waals surface area contributed by atoms with Gasteiger partial charge in [0.1, 0.15) is 17.1 Å². The summed E-state index contributed by atoms with van der Waals surface area (Å²) in [5, 5.41) is 16.9. The summed E-state index contributed by atoms with van der Waals surface area (Å²) in [5.41, 5.74) is 5.82. The van der Waals surface area contributed by atoms with Crippen LogP contribution < -0.4 is 10.1 Å². The van der Waals surface area contributed by atoms with E-state index in [4.69, 9.17) is 4.74 Å². The van der Waals surface area contributed by atoms with Crippen LogP contribution >= 0.6 is 0 Å². The summed E-state index contributed by atoms with van der Waals surface area (Å²) < 4.78 is 6.89. The van der Waals surface area contributed by atoms with E-state index < -0.39 is 5.60 Å². The van der Waals surface area contributed by atoms with E-state index >= 15 is 0 Å². The zero-order valence-electron chi connectivity index (χ0n) is 19.8. The van der Waals surface area contributed by atoms with Crippen molar-refractivity contribution in [1.82, 2.24) is 0 Å². The quantitative estimate of drug-likeness (QED) is 0.349. The molecule has 4 aromatic rings. The number of phenols is 1. The maximum absolute atomic E-state index is 10.6. The summed E-state index contributed by atoms with van der Waals surface area (Å²) >= 11 is 0. The minimum absolute atomic E-state index is 0.0496. The standard InChI is InChI=1S/C30H31NO2/c1-19-20(2)28-24(21(3)27(19)32)17-18-30(4,33-28)29(23-12-6-5-7-13-23)31-26-16-10-14-22-11-8-9-15-25(22)26/h5-16,29,31-32H,17-18H2,1-4H3. The number of nitrogens with one attached hydrogen (secondary N) is 1. The molecule has 0 aromatic heterocycles. The number of phenolic OH excluding ortho intramolecular Hbond substituents is 1. The van der Waals surface area contributed by atoms with Gasteiger partial charge < -0.3 is 15.2 Å². The lowest BCUT2D eigenvalue weighted by Gasteiger charge is -2.44. The summed E-state index contributed by atoms with van der Waals surface area (Å²) in [6.45, 7) is 8.23. The molecular weight excluding hydrogens is 406 g/mol. The molecule has 0 bridgehead atoms. The Kier molecular flexibility index (Phi) is 5.28. The van der Waals surface area contributed by atoms with Crippen LogP contribution in [0.3, 0.4) is 0 Å². The minimum atomic E-state index is -0.466. The first-order chi connectivity index (χ1) is 15.9. The smallest absolute Gasteiger partial charge is 0.131 e. The number of benzene rings is 4. The van der Waals surface area contributed by atoms with E-state index in [0.29, 0.717) is 5.75 Å². The molecule has 0 aliphatic carbocycles. The van der Waals surface area contributed by atoms with Gasteiger partial charge in [0.15, 0.2) is 0 Å². The van der Waals surface area contributed by atoms with Crippen LogP contribution in [0.5, 0.6) is 11.5 Å². The lowest BCUT2D eigenvalue weighted by Crippen LogP contribution is -2.46. The molecule has 0 saturated carbocycles. The van der Waals surface area contributed by atoms with Crippen molar-refractivity contribution in [3.8, 4) is 11.5 Å². The first-order valence-corrected chi connectivity index (χ1v) is 11.7. The van der Waals surface area contributed by atoms with Crippen molar-refractivity contribution in [2.24, 2.45) is 0 Å². The van der Waals surface area contributed by atoms with Crippen molar-refractivity contribution in [1.29, 1.82) is 0 Å². The van der Waals surface area contributed by atoms with Crippen LogP contribution in [0.2, 0.25) is 0 Å². The fourth-order valence-corrected chi connectivity index (χ4v) is 5.21. The molecule has 0 radical (unpaired) electrons. The van der Waals surface area contributed by atoms with E-state index in [1.165, 1.54) is 16.3 Å². The van der Waals surface area contributed by atoms with Gasteiger partial charge in [-0.1, -0.05) is 66.7 Å². The van der Waals surface area contributed by atoms with Crippen LogP contribution in [0.25, 0.3) is 10.8 Å². The summed E-state index contributed by atoms with van der Waals surface area (Å²) in [6, 6.07) is 25.4. The zero-order chi connectivity index (χ0) is 23.2. The number of ether oxygens (including phenoxy) is 1. The zero-order valence-corrected chi connectivity index (χ0v) is 19.8. The second-order valence-corrected chi connectivity index (χ2v) is 9.46. The summed E-state index contributed by atoms with van der Waals surface area (Å²) in [7, 11) is 0. The highest BCUT2D eigenvalue weighted by molar-refractivity contribution is 5.94. The molecule has 2 atom stereocenters. The van der Waals surface area contributed by atoms with Gasteiger partial charge in [-0.3, -0.25) is 0 Å². The van der Waals surface area contributed by atoms with Gasteiger partial charge in [-0.05, 0) is 74.2 Å². The number of rotatable bonds is 4. The first-order valence-electron chi connectivity index (χ1n) is 11.7.